The number of hydrogen-bond acceptors (Lipinski definition) is 5. The van der Waals surface area contributed by atoms with Crippen LogP contribution in [-0.2, 0) is 26.2 Å². The van der Waals surface area contributed by atoms with Gasteiger partial charge in [-0.3, -0.25) is 13.9 Å². The lowest BCUT2D eigenvalue weighted by molar-refractivity contribution is -0.139. The normalized spacial score (nSPS) is 12.0. The number of carbonyl (C=O) groups is 2. The second kappa shape index (κ2) is 11.9. The van der Waals surface area contributed by atoms with Crippen LogP contribution < -0.4 is 14.4 Å². The molecule has 1 N–H and O–H groups in total. The number of benzene rings is 2. The van der Waals surface area contributed by atoms with Gasteiger partial charge in [0.1, 0.15) is 18.3 Å². The van der Waals surface area contributed by atoms with Crippen molar-refractivity contribution in [2.75, 3.05) is 30.8 Å². The second-order valence-electron chi connectivity index (χ2n) is 7.59. The van der Waals surface area contributed by atoms with Crippen LogP contribution in [0, 0.1) is 0 Å². The average molecular weight is 496 g/mol. The SMILES string of the molecule is CCCNC(=O)[C@@H](C)N(Cc1cccc(Cl)c1)C(=O)CN(c1cccc(OC)c1)S(C)(=O)=O. The Morgan fingerprint density at radius 3 is 2.45 bits per heavy atom. The van der Waals surface area contributed by atoms with Gasteiger partial charge in [-0.1, -0.05) is 36.7 Å². The molecule has 0 bridgehead atoms. The molecule has 180 valence electrons. The zero-order valence-corrected chi connectivity index (χ0v) is 20.8. The molecule has 2 rings (SSSR count). The molecule has 0 aromatic heterocycles. The molecule has 0 saturated heterocycles. The molecule has 0 heterocycles. The molecular formula is C23H30ClN3O5S. The van der Waals surface area contributed by atoms with Crippen molar-refractivity contribution in [1.82, 2.24) is 10.2 Å². The third kappa shape index (κ3) is 7.64. The summed E-state index contributed by atoms with van der Waals surface area (Å²) in [5.41, 5.74) is 1.01. The number of carbonyl (C=O) groups excluding carboxylic acids is 2. The van der Waals surface area contributed by atoms with Crippen molar-refractivity contribution >= 4 is 39.1 Å². The summed E-state index contributed by atoms with van der Waals surface area (Å²) in [7, 11) is -2.33. The van der Waals surface area contributed by atoms with E-state index in [2.05, 4.69) is 5.32 Å². The largest absolute Gasteiger partial charge is 0.497 e. The van der Waals surface area contributed by atoms with E-state index in [1.54, 1.807) is 49.4 Å². The molecule has 2 aromatic rings. The first-order chi connectivity index (χ1) is 15.6. The number of nitrogens with zero attached hydrogens (tertiary/aromatic N) is 2. The minimum atomic E-state index is -3.80. The van der Waals surface area contributed by atoms with E-state index in [1.807, 2.05) is 6.92 Å². The predicted octanol–water partition coefficient (Wildman–Crippen LogP) is 3.06. The maximum Gasteiger partial charge on any atom is 0.244 e. The second-order valence-corrected chi connectivity index (χ2v) is 9.93. The highest BCUT2D eigenvalue weighted by atomic mass is 35.5. The smallest absolute Gasteiger partial charge is 0.244 e. The summed E-state index contributed by atoms with van der Waals surface area (Å²) in [6, 6.07) is 12.6. The zero-order valence-electron chi connectivity index (χ0n) is 19.2. The van der Waals surface area contributed by atoms with Crippen LogP contribution in [0.1, 0.15) is 25.8 Å². The molecule has 2 amide bonds. The van der Waals surface area contributed by atoms with Gasteiger partial charge >= 0.3 is 0 Å². The van der Waals surface area contributed by atoms with Gasteiger partial charge in [-0.25, -0.2) is 8.42 Å². The van der Waals surface area contributed by atoms with E-state index in [0.29, 0.717) is 17.3 Å². The molecule has 0 aliphatic carbocycles. The Balaban J connectivity index is 2.38. The Morgan fingerprint density at radius 1 is 1.15 bits per heavy atom. The molecule has 8 nitrogen and oxygen atoms in total. The average Bonchev–Trinajstić information content (AvgIpc) is 2.78. The lowest BCUT2D eigenvalue weighted by atomic mass is 10.1. The van der Waals surface area contributed by atoms with E-state index in [0.717, 1.165) is 22.5 Å². The van der Waals surface area contributed by atoms with Crippen molar-refractivity contribution in [2.24, 2.45) is 0 Å². The van der Waals surface area contributed by atoms with E-state index in [1.165, 1.54) is 18.1 Å². The van der Waals surface area contributed by atoms with Crippen molar-refractivity contribution < 1.29 is 22.7 Å². The molecule has 33 heavy (non-hydrogen) atoms. The fraction of sp³-hybridized carbons (Fsp3) is 0.391. The summed E-state index contributed by atoms with van der Waals surface area (Å²) in [6.07, 6.45) is 1.77. The minimum Gasteiger partial charge on any atom is -0.497 e. The number of anilines is 1. The van der Waals surface area contributed by atoms with Gasteiger partial charge in [0.2, 0.25) is 21.8 Å². The van der Waals surface area contributed by atoms with Gasteiger partial charge in [-0.05, 0) is 43.2 Å². The summed E-state index contributed by atoms with van der Waals surface area (Å²) in [5, 5.41) is 3.28. The molecule has 0 aliphatic rings. The number of sulfonamides is 1. The summed E-state index contributed by atoms with van der Waals surface area (Å²) >= 11 is 6.09. The standard InChI is InChI=1S/C23H30ClN3O5S/c1-5-12-25-23(29)17(2)26(15-18-8-6-9-19(24)13-18)22(28)16-27(33(4,30)31)20-10-7-11-21(14-20)32-3/h6-11,13-14,17H,5,12,15-16H2,1-4H3,(H,25,29)/t17-/m1/s1. The molecular weight excluding hydrogens is 466 g/mol. The molecule has 0 unspecified atom stereocenters. The van der Waals surface area contributed by atoms with Crippen LogP contribution in [0.4, 0.5) is 5.69 Å². The van der Waals surface area contributed by atoms with E-state index in [9.17, 15) is 18.0 Å². The maximum atomic E-state index is 13.4. The number of nitrogens with one attached hydrogen (secondary N) is 1. The molecule has 0 saturated carbocycles. The molecule has 0 fully saturated rings. The number of rotatable bonds is 11. The zero-order chi connectivity index (χ0) is 24.6. The van der Waals surface area contributed by atoms with E-state index in [4.69, 9.17) is 16.3 Å². The van der Waals surface area contributed by atoms with Crippen LogP contribution in [0.3, 0.4) is 0 Å². The Morgan fingerprint density at radius 2 is 1.85 bits per heavy atom. The van der Waals surface area contributed by atoms with Gasteiger partial charge in [-0.2, -0.15) is 0 Å². The van der Waals surface area contributed by atoms with Crippen LogP contribution in [0.15, 0.2) is 48.5 Å². The predicted molar refractivity (Wildman–Crippen MR) is 130 cm³/mol. The molecule has 0 aliphatic heterocycles. The van der Waals surface area contributed by atoms with Gasteiger partial charge in [-0.15, -0.1) is 0 Å². The van der Waals surface area contributed by atoms with E-state index in [-0.39, 0.29) is 18.1 Å². The third-order valence-electron chi connectivity index (χ3n) is 4.98. The molecule has 1 atom stereocenters. The third-order valence-corrected chi connectivity index (χ3v) is 6.35. The molecule has 10 heteroatoms. The van der Waals surface area contributed by atoms with Crippen LogP contribution in [0.2, 0.25) is 5.02 Å². The molecule has 2 aromatic carbocycles. The first-order valence-electron chi connectivity index (χ1n) is 10.5. The van der Waals surface area contributed by atoms with Gasteiger partial charge in [0.25, 0.3) is 0 Å². The van der Waals surface area contributed by atoms with Crippen molar-refractivity contribution in [2.45, 2.75) is 32.9 Å². The minimum absolute atomic E-state index is 0.0931. The lowest BCUT2D eigenvalue weighted by Crippen LogP contribution is -2.51. The Kier molecular flexibility index (Phi) is 9.55. The highest BCUT2D eigenvalue weighted by molar-refractivity contribution is 7.92. The fourth-order valence-corrected chi connectivity index (χ4v) is 4.24. The topological polar surface area (TPSA) is 96.0 Å². The fourth-order valence-electron chi connectivity index (χ4n) is 3.19. The summed E-state index contributed by atoms with van der Waals surface area (Å²) in [5.74, 6) is -0.390. The summed E-state index contributed by atoms with van der Waals surface area (Å²) in [6.45, 7) is 3.64. The number of amides is 2. The number of halogens is 1. The summed E-state index contributed by atoms with van der Waals surface area (Å²) in [4.78, 5) is 27.4. The number of methoxy groups -OCH3 is 1. The quantitative estimate of drug-likeness (QED) is 0.517. The highest BCUT2D eigenvalue weighted by Crippen LogP contribution is 2.24. The van der Waals surface area contributed by atoms with Crippen LogP contribution in [0.5, 0.6) is 5.75 Å². The van der Waals surface area contributed by atoms with Crippen molar-refractivity contribution in [1.29, 1.82) is 0 Å². The Bertz CT molecular complexity index is 1080. The van der Waals surface area contributed by atoms with Crippen LogP contribution >= 0.6 is 11.6 Å². The van der Waals surface area contributed by atoms with Gasteiger partial charge in [0.15, 0.2) is 0 Å². The van der Waals surface area contributed by atoms with Crippen LogP contribution in [-0.4, -0.2) is 57.6 Å². The highest BCUT2D eigenvalue weighted by Gasteiger charge is 2.30. The van der Waals surface area contributed by atoms with Crippen LogP contribution in [0.25, 0.3) is 0 Å². The molecule has 0 spiro atoms. The Hall–Kier alpha value is -2.78. The van der Waals surface area contributed by atoms with E-state index < -0.39 is 28.5 Å². The lowest BCUT2D eigenvalue weighted by Gasteiger charge is -2.31. The monoisotopic (exact) mass is 495 g/mol. The Labute approximate surface area is 200 Å². The number of ether oxygens (including phenoxy) is 1. The summed E-state index contributed by atoms with van der Waals surface area (Å²) < 4.78 is 31.3. The number of hydrogen-bond donors (Lipinski definition) is 1. The van der Waals surface area contributed by atoms with Crippen molar-refractivity contribution in [3.63, 3.8) is 0 Å². The first kappa shape index (κ1) is 26.5. The first-order valence-corrected chi connectivity index (χ1v) is 12.7. The van der Waals surface area contributed by atoms with Gasteiger partial charge < -0.3 is 15.0 Å². The van der Waals surface area contributed by atoms with Gasteiger partial charge in [0, 0.05) is 24.2 Å². The maximum absolute atomic E-state index is 13.4. The van der Waals surface area contributed by atoms with Gasteiger partial charge in [0.05, 0.1) is 19.1 Å². The van der Waals surface area contributed by atoms with E-state index >= 15 is 0 Å². The molecule has 0 radical (unpaired) electrons. The van der Waals surface area contributed by atoms with Crippen molar-refractivity contribution in [3.8, 4) is 5.75 Å². The van der Waals surface area contributed by atoms with Crippen molar-refractivity contribution in [3.05, 3.63) is 59.1 Å².